The minimum Gasteiger partial charge on any atom is -0.457 e. The zero-order valence-corrected chi connectivity index (χ0v) is 22.8. The van der Waals surface area contributed by atoms with E-state index in [1.807, 2.05) is 50.2 Å². The highest BCUT2D eigenvalue weighted by Crippen LogP contribution is 2.28. The van der Waals surface area contributed by atoms with E-state index in [0.29, 0.717) is 43.4 Å². The van der Waals surface area contributed by atoms with Gasteiger partial charge >= 0.3 is 6.09 Å². The van der Waals surface area contributed by atoms with Crippen LogP contribution in [0.4, 0.5) is 4.79 Å². The topological polar surface area (TPSA) is 77.1 Å². The largest absolute Gasteiger partial charge is 0.457 e. The molecule has 0 spiro atoms. The molecule has 7 heteroatoms. The summed E-state index contributed by atoms with van der Waals surface area (Å²) in [5.41, 5.74) is 0.812. The highest BCUT2D eigenvalue weighted by Gasteiger charge is 2.26. The van der Waals surface area contributed by atoms with E-state index in [-0.39, 0.29) is 12.0 Å². The van der Waals surface area contributed by atoms with Crippen molar-refractivity contribution in [3.8, 4) is 11.5 Å². The van der Waals surface area contributed by atoms with Gasteiger partial charge in [-0.15, -0.1) is 0 Å². The predicted molar refractivity (Wildman–Crippen MR) is 145 cm³/mol. The lowest BCUT2D eigenvalue weighted by atomic mass is 9.94. The van der Waals surface area contributed by atoms with Crippen molar-refractivity contribution in [2.45, 2.75) is 77.9 Å². The van der Waals surface area contributed by atoms with Crippen LogP contribution in [0.2, 0.25) is 0 Å². The number of hydrogen-bond donors (Lipinski definition) is 1. The molecular formula is C30H42N2O5. The summed E-state index contributed by atoms with van der Waals surface area (Å²) in [5.74, 6) is 1.18. The maximum Gasteiger partial charge on any atom is 0.408 e. The van der Waals surface area contributed by atoms with Crippen LogP contribution in [-0.4, -0.2) is 49.3 Å². The Kier molecular flexibility index (Phi) is 10.8. The first-order valence-electron chi connectivity index (χ1n) is 13.6. The first-order chi connectivity index (χ1) is 17.8. The van der Waals surface area contributed by atoms with E-state index < -0.39 is 11.6 Å². The fourth-order valence-electron chi connectivity index (χ4n) is 4.44. The maximum absolute atomic E-state index is 12.8. The molecule has 0 bridgehead atoms. The molecule has 1 aliphatic rings. The summed E-state index contributed by atoms with van der Waals surface area (Å²) in [7, 11) is 0. The quantitative estimate of drug-likeness (QED) is 0.323. The number of nitrogens with one attached hydrogen (secondary N) is 1. The summed E-state index contributed by atoms with van der Waals surface area (Å²) in [4.78, 5) is 27.4. The van der Waals surface area contributed by atoms with Crippen LogP contribution in [-0.2, 0) is 15.0 Å². The van der Waals surface area contributed by atoms with Crippen LogP contribution in [0.5, 0.6) is 11.5 Å². The van der Waals surface area contributed by atoms with Gasteiger partial charge in [-0.3, -0.25) is 4.79 Å². The van der Waals surface area contributed by atoms with Crippen LogP contribution in [0.15, 0.2) is 48.5 Å². The van der Waals surface area contributed by atoms with Gasteiger partial charge in [0.1, 0.15) is 17.6 Å². The van der Waals surface area contributed by atoms with E-state index in [1.54, 1.807) is 17.0 Å². The van der Waals surface area contributed by atoms with Crippen LogP contribution in [0.25, 0.3) is 0 Å². The molecule has 1 aliphatic heterocycles. The smallest absolute Gasteiger partial charge is 0.408 e. The number of morpholine rings is 1. The summed E-state index contributed by atoms with van der Waals surface area (Å²) in [6.07, 6.45) is 5.64. The SMILES string of the molecule is CCCCCC(CCC)OC(=O)NC(C)(C)c1cccc(Oc2cccc(C(=O)N3CCOCC3)c2)c1. The van der Waals surface area contributed by atoms with Crippen LogP contribution in [0.3, 0.4) is 0 Å². The molecule has 2 aromatic carbocycles. The first kappa shape index (κ1) is 28.5. The number of carbonyl (C=O) groups excluding carboxylic acids is 2. The van der Waals surface area contributed by atoms with Crippen molar-refractivity contribution in [2.24, 2.45) is 0 Å². The van der Waals surface area contributed by atoms with Crippen molar-refractivity contribution in [3.63, 3.8) is 0 Å². The van der Waals surface area contributed by atoms with Gasteiger partial charge in [-0.25, -0.2) is 4.79 Å². The molecule has 3 rings (SSSR count). The lowest BCUT2D eigenvalue weighted by molar-refractivity contribution is 0.0302. The van der Waals surface area contributed by atoms with Gasteiger partial charge in [0.25, 0.3) is 5.91 Å². The van der Waals surface area contributed by atoms with Crippen molar-refractivity contribution in [2.75, 3.05) is 26.3 Å². The van der Waals surface area contributed by atoms with Crippen molar-refractivity contribution in [3.05, 3.63) is 59.7 Å². The molecule has 0 aliphatic carbocycles. The summed E-state index contributed by atoms with van der Waals surface area (Å²) in [6.45, 7) is 10.5. The molecule has 202 valence electrons. The molecule has 2 amide bonds. The fraction of sp³-hybridized carbons (Fsp3) is 0.533. The Labute approximate surface area is 221 Å². The molecular weight excluding hydrogens is 468 g/mol. The number of nitrogens with zero attached hydrogens (tertiary/aromatic N) is 1. The zero-order valence-electron chi connectivity index (χ0n) is 22.8. The standard InChI is InChI=1S/C30H42N2O5/c1-5-7-8-14-25(11-6-2)37-29(34)31-30(3,4)24-13-10-16-27(22-24)36-26-15-9-12-23(21-26)28(33)32-17-19-35-20-18-32/h9-10,12-13,15-16,21-22,25H,5-8,11,14,17-20H2,1-4H3,(H,31,34). The van der Waals surface area contributed by atoms with Gasteiger partial charge in [0.2, 0.25) is 0 Å². The minimum atomic E-state index is -0.662. The molecule has 37 heavy (non-hydrogen) atoms. The zero-order chi connectivity index (χ0) is 26.7. The van der Waals surface area contributed by atoms with E-state index in [9.17, 15) is 9.59 Å². The van der Waals surface area contributed by atoms with Gasteiger partial charge in [-0.05, 0) is 69.0 Å². The van der Waals surface area contributed by atoms with E-state index >= 15 is 0 Å². The fourth-order valence-corrected chi connectivity index (χ4v) is 4.44. The Bertz CT molecular complexity index is 1020. The third kappa shape index (κ3) is 8.78. The molecule has 1 atom stereocenters. The van der Waals surface area contributed by atoms with Crippen molar-refractivity contribution < 1.29 is 23.8 Å². The second kappa shape index (κ2) is 14.0. The lowest BCUT2D eigenvalue weighted by Crippen LogP contribution is -2.42. The number of carbonyl (C=O) groups is 2. The molecule has 0 saturated carbocycles. The molecule has 1 unspecified atom stereocenters. The molecule has 7 nitrogen and oxygen atoms in total. The maximum atomic E-state index is 12.8. The van der Waals surface area contributed by atoms with Gasteiger partial charge in [0, 0.05) is 18.7 Å². The number of unbranched alkanes of at least 4 members (excludes halogenated alkanes) is 2. The Morgan fingerprint density at radius 1 is 0.973 bits per heavy atom. The van der Waals surface area contributed by atoms with Crippen molar-refractivity contribution in [1.29, 1.82) is 0 Å². The monoisotopic (exact) mass is 510 g/mol. The molecule has 1 fully saturated rings. The summed E-state index contributed by atoms with van der Waals surface area (Å²) in [6, 6.07) is 14.8. The second-order valence-electron chi connectivity index (χ2n) is 10.1. The Balaban J connectivity index is 1.64. The van der Waals surface area contributed by atoms with Gasteiger partial charge in [-0.1, -0.05) is 51.3 Å². The molecule has 2 aromatic rings. The van der Waals surface area contributed by atoms with E-state index in [1.165, 1.54) is 0 Å². The van der Waals surface area contributed by atoms with Crippen LogP contribution < -0.4 is 10.1 Å². The average Bonchev–Trinajstić information content (AvgIpc) is 2.89. The molecule has 1 saturated heterocycles. The summed E-state index contributed by atoms with van der Waals surface area (Å²) >= 11 is 0. The lowest BCUT2D eigenvalue weighted by Gasteiger charge is -2.28. The van der Waals surface area contributed by atoms with Gasteiger partial charge in [-0.2, -0.15) is 0 Å². The Hall–Kier alpha value is -3.06. The normalized spacial score (nSPS) is 14.6. The van der Waals surface area contributed by atoms with Crippen molar-refractivity contribution >= 4 is 12.0 Å². The van der Waals surface area contributed by atoms with Gasteiger partial charge in [0.15, 0.2) is 0 Å². The van der Waals surface area contributed by atoms with Crippen molar-refractivity contribution in [1.82, 2.24) is 10.2 Å². The van der Waals surface area contributed by atoms with Crippen LogP contribution >= 0.6 is 0 Å². The molecule has 0 aromatic heterocycles. The molecule has 1 N–H and O–H groups in total. The van der Waals surface area contributed by atoms with Crippen LogP contribution in [0.1, 0.15) is 82.1 Å². The predicted octanol–water partition coefficient (Wildman–Crippen LogP) is 6.66. The number of amides is 2. The second-order valence-corrected chi connectivity index (χ2v) is 10.1. The van der Waals surface area contributed by atoms with Crippen LogP contribution in [0, 0.1) is 0 Å². The van der Waals surface area contributed by atoms with E-state index in [4.69, 9.17) is 14.2 Å². The number of ether oxygens (including phenoxy) is 3. The number of hydrogen-bond acceptors (Lipinski definition) is 5. The van der Waals surface area contributed by atoms with E-state index in [2.05, 4.69) is 19.2 Å². The highest BCUT2D eigenvalue weighted by atomic mass is 16.6. The minimum absolute atomic E-state index is 0.0255. The number of benzene rings is 2. The van der Waals surface area contributed by atoms with E-state index in [0.717, 1.165) is 44.1 Å². The third-order valence-corrected chi connectivity index (χ3v) is 6.60. The third-order valence-electron chi connectivity index (χ3n) is 6.60. The number of rotatable bonds is 12. The number of alkyl carbamates (subject to hydrolysis) is 1. The Morgan fingerprint density at radius 3 is 2.38 bits per heavy atom. The van der Waals surface area contributed by atoms with Gasteiger partial charge < -0.3 is 24.4 Å². The molecule has 0 radical (unpaired) electrons. The van der Waals surface area contributed by atoms with Gasteiger partial charge in [0.05, 0.1) is 18.8 Å². The first-order valence-corrected chi connectivity index (χ1v) is 13.6. The Morgan fingerprint density at radius 2 is 1.68 bits per heavy atom. The molecule has 1 heterocycles. The highest BCUT2D eigenvalue weighted by molar-refractivity contribution is 5.94. The summed E-state index contributed by atoms with van der Waals surface area (Å²) in [5, 5.41) is 3.03. The average molecular weight is 511 g/mol. The summed E-state index contributed by atoms with van der Waals surface area (Å²) < 4.78 is 17.2.